The highest BCUT2D eigenvalue weighted by molar-refractivity contribution is 6.04. The van der Waals surface area contributed by atoms with Crippen molar-refractivity contribution >= 4 is 17.6 Å². The molecule has 2 amide bonds. The molecule has 2 aliphatic rings. The summed E-state index contributed by atoms with van der Waals surface area (Å²) in [4.78, 5) is 25.5. The fourth-order valence-electron chi connectivity index (χ4n) is 3.97. The molecule has 0 spiro atoms. The van der Waals surface area contributed by atoms with Crippen LogP contribution in [-0.4, -0.2) is 32.9 Å². The topological polar surface area (TPSA) is 96.2 Å². The Balaban J connectivity index is 1.39. The number of carbonyl (C=O) groups excluding carboxylic acids is 2. The maximum absolute atomic E-state index is 12.8. The third-order valence-corrected chi connectivity index (χ3v) is 6.37. The number of nitrogens with zero attached hydrogens (tertiary/aromatic N) is 2. The Morgan fingerprint density at radius 1 is 1.00 bits per heavy atom. The molecular formula is C27H30N4O3. The van der Waals surface area contributed by atoms with Crippen LogP contribution < -0.4 is 10.6 Å². The molecule has 0 bridgehead atoms. The molecule has 0 radical (unpaired) electrons. The summed E-state index contributed by atoms with van der Waals surface area (Å²) in [5, 5.41) is 20.9. The molecule has 0 unspecified atom stereocenters. The second-order valence-electron chi connectivity index (χ2n) is 10.4. The van der Waals surface area contributed by atoms with E-state index in [0.29, 0.717) is 28.4 Å². The zero-order valence-electron chi connectivity index (χ0n) is 19.8. The monoisotopic (exact) mass is 458 g/mol. The molecule has 0 atom stereocenters. The zero-order valence-corrected chi connectivity index (χ0v) is 19.8. The lowest BCUT2D eigenvalue weighted by Crippen LogP contribution is -2.32. The van der Waals surface area contributed by atoms with E-state index in [-0.39, 0.29) is 29.1 Å². The minimum atomic E-state index is -0.231. The molecule has 2 aliphatic carbocycles. The number of anilines is 1. The van der Waals surface area contributed by atoms with E-state index >= 15 is 0 Å². The van der Waals surface area contributed by atoms with Crippen LogP contribution in [0.25, 0.3) is 11.3 Å². The van der Waals surface area contributed by atoms with E-state index < -0.39 is 0 Å². The summed E-state index contributed by atoms with van der Waals surface area (Å²) < 4.78 is 1.44. The number of aromatic nitrogens is 2. The van der Waals surface area contributed by atoms with Crippen molar-refractivity contribution < 1.29 is 14.7 Å². The maximum Gasteiger partial charge on any atom is 0.342 e. The van der Waals surface area contributed by atoms with Crippen LogP contribution in [0.2, 0.25) is 0 Å². The third-order valence-electron chi connectivity index (χ3n) is 6.37. The number of carbonyl (C=O) groups is 2. The average molecular weight is 459 g/mol. The lowest BCUT2D eigenvalue weighted by Gasteiger charge is -2.19. The highest BCUT2D eigenvalue weighted by Crippen LogP contribution is 2.42. The molecule has 3 N–H and O–H groups in total. The molecular weight excluding hydrogens is 428 g/mol. The zero-order chi connectivity index (χ0) is 24.0. The van der Waals surface area contributed by atoms with Crippen molar-refractivity contribution in [3.8, 4) is 17.0 Å². The minimum Gasteiger partial charge on any atom is -0.507 e. The molecule has 7 nitrogen and oxygen atoms in total. The van der Waals surface area contributed by atoms with E-state index in [4.69, 9.17) is 0 Å². The van der Waals surface area contributed by atoms with E-state index in [9.17, 15) is 14.7 Å². The predicted octanol–water partition coefficient (Wildman–Crippen LogP) is 5.40. The van der Waals surface area contributed by atoms with Gasteiger partial charge in [-0.15, -0.1) is 0 Å². The molecule has 0 saturated heterocycles. The molecule has 34 heavy (non-hydrogen) atoms. The number of nitrogens with one attached hydrogen (secondary N) is 2. The van der Waals surface area contributed by atoms with Crippen molar-refractivity contribution in [3.05, 3.63) is 65.4 Å². The standard InChI is InChI=1S/C27H30N4O3/c1-27(2,3)18-8-6-17(7-9-18)25(33)28-20-12-13-24(32)21(14-20)22-15-23(16-4-5-16)31(30-22)26(34)29-19-10-11-19/h6-9,12-16,19,32H,4-5,10-11H2,1-3H3,(H,28,33)(H,29,34). The molecule has 2 fully saturated rings. The van der Waals surface area contributed by atoms with Gasteiger partial charge in [0.05, 0.1) is 11.4 Å². The van der Waals surface area contributed by atoms with Crippen LogP contribution in [0.3, 0.4) is 0 Å². The van der Waals surface area contributed by atoms with Crippen molar-refractivity contribution in [1.29, 1.82) is 0 Å². The number of phenols is 1. The molecule has 2 aromatic carbocycles. The Morgan fingerprint density at radius 3 is 2.32 bits per heavy atom. The summed E-state index contributed by atoms with van der Waals surface area (Å²) in [6, 6.07) is 14.3. The van der Waals surface area contributed by atoms with Gasteiger partial charge >= 0.3 is 6.03 Å². The van der Waals surface area contributed by atoms with Crippen molar-refractivity contribution in [3.63, 3.8) is 0 Å². The summed E-state index contributed by atoms with van der Waals surface area (Å²) in [7, 11) is 0. The molecule has 3 aromatic rings. The van der Waals surface area contributed by atoms with E-state index in [1.807, 2.05) is 30.3 Å². The second kappa shape index (κ2) is 8.31. The first kappa shape index (κ1) is 22.2. The maximum atomic E-state index is 12.8. The van der Waals surface area contributed by atoms with Gasteiger partial charge in [0.25, 0.3) is 5.91 Å². The molecule has 5 rings (SSSR count). The Hall–Kier alpha value is -3.61. The molecule has 7 heteroatoms. The van der Waals surface area contributed by atoms with Gasteiger partial charge in [0.1, 0.15) is 5.75 Å². The molecule has 1 heterocycles. The Kier molecular flexibility index (Phi) is 5.42. The molecule has 0 aliphatic heterocycles. The minimum absolute atomic E-state index is 0.0130. The molecule has 2 saturated carbocycles. The lowest BCUT2D eigenvalue weighted by atomic mass is 9.87. The van der Waals surface area contributed by atoms with Crippen molar-refractivity contribution in [2.45, 2.75) is 63.8 Å². The normalized spacial score (nSPS) is 15.7. The summed E-state index contributed by atoms with van der Waals surface area (Å²) >= 11 is 0. The molecule has 1 aromatic heterocycles. The quantitative estimate of drug-likeness (QED) is 0.446. The molecule has 176 valence electrons. The highest BCUT2D eigenvalue weighted by Gasteiger charge is 2.32. The van der Waals surface area contributed by atoms with Crippen LogP contribution in [0.1, 0.15) is 74.0 Å². The Bertz CT molecular complexity index is 1250. The number of hydrogen-bond acceptors (Lipinski definition) is 4. The van der Waals surface area contributed by atoms with Gasteiger partial charge in [-0.05, 0) is 73.1 Å². The number of hydrogen-bond donors (Lipinski definition) is 3. The van der Waals surface area contributed by atoms with Crippen molar-refractivity contribution in [2.24, 2.45) is 0 Å². The van der Waals surface area contributed by atoms with Crippen LogP contribution in [-0.2, 0) is 5.41 Å². The lowest BCUT2D eigenvalue weighted by molar-refractivity contribution is 0.102. The van der Waals surface area contributed by atoms with Crippen LogP contribution >= 0.6 is 0 Å². The van der Waals surface area contributed by atoms with Gasteiger partial charge in [-0.3, -0.25) is 4.79 Å². The number of amides is 2. The van der Waals surface area contributed by atoms with E-state index in [0.717, 1.165) is 36.9 Å². The van der Waals surface area contributed by atoms with Gasteiger partial charge in [-0.2, -0.15) is 9.78 Å². The average Bonchev–Trinajstić information content (AvgIpc) is 3.74. The number of phenolic OH excluding ortho intramolecular Hbond substituents is 1. The first-order valence-corrected chi connectivity index (χ1v) is 11.8. The first-order valence-electron chi connectivity index (χ1n) is 11.8. The summed E-state index contributed by atoms with van der Waals surface area (Å²) in [6.07, 6.45) is 4.05. The van der Waals surface area contributed by atoms with Gasteiger partial charge in [-0.1, -0.05) is 32.9 Å². The fourth-order valence-corrected chi connectivity index (χ4v) is 3.97. The van der Waals surface area contributed by atoms with Gasteiger partial charge in [0.2, 0.25) is 0 Å². The van der Waals surface area contributed by atoms with Gasteiger partial charge < -0.3 is 15.7 Å². The SMILES string of the molecule is CC(C)(C)c1ccc(C(=O)Nc2ccc(O)c(-c3cc(C4CC4)n(C(=O)NC4CC4)n3)c2)cc1. The van der Waals surface area contributed by atoms with Crippen LogP contribution in [0, 0.1) is 0 Å². The number of aromatic hydroxyl groups is 1. The highest BCUT2D eigenvalue weighted by atomic mass is 16.3. The van der Waals surface area contributed by atoms with Gasteiger partial charge in [0.15, 0.2) is 0 Å². The van der Waals surface area contributed by atoms with Crippen molar-refractivity contribution in [2.75, 3.05) is 5.32 Å². The first-order chi connectivity index (χ1) is 16.2. The Morgan fingerprint density at radius 2 is 1.71 bits per heavy atom. The van der Waals surface area contributed by atoms with E-state index in [2.05, 4.69) is 36.5 Å². The van der Waals surface area contributed by atoms with Crippen LogP contribution in [0.4, 0.5) is 10.5 Å². The summed E-state index contributed by atoms with van der Waals surface area (Å²) in [6.45, 7) is 6.39. The smallest absolute Gasteiger partial charge is 0.342 e. The third kappa shape index (κ3) is 4.69. The second-order valence-corrected chi connectivity index (χ2v) is 10.4. The predicted molar refractivity (Wildman–Crippen MR) is 131 cm³/mol. The number of rotatable bonds is 5. The van der Waals surface area contributed by atoms with E-state index in [1.165, 1.54) is 10.7 Å². The Labute approximate surface area is 199 Å². The largest absolute Gasteiger partial charge is 0.507 e. The van der Waals surface area contributed by atoms with Crippen molar-refractivity contribution in [1.82, 2.24) is 15.1 Å². The van der Waals surface area contributed by atoms with Gasteiger partial charge in [-0.25, -0.2) is 4.79 Å². The van der Waals surface area contributed by atoms with Crippen LogP contribution in [0.15, 0.2) is 48.5 Å². The van der Waals surface area contributed by atoms with Crippen LogP contribution in [0.5, 0.6) is 5.75 Å². The van der Waals surface area contributed by atoms with E-state index in [1.54, 1.807) is 12.1 Å². The number of benzene rings is 2. The summed E-state index contributed by atoms with van der Waals surface area (Å²) in [5.74, 6) is 0.125. The fraction of sp³-hybridized carbons (Fsp3) is 0.370. The van der Waals surface area contributed by atoms with Gasteiger partial charge in [0, 0.05) is 28.8 Å². The summed E-state index contributed by atoms with van der Waals surface area (Å²) in [5.41, 5.74) is 4.11.